The molecule has 0 aliphatic carbocycles. The zero-order chi connectivity index (χ0) is 29.1. The van der Waals surface area contributed by atoms with Crippen molar-refractivity contribution in [2.24, 2.45) is 0 Å². The first kappa shape index (κ1) is 30.8. The molecule has 216 valence electrons. The molecule has 0 aliphatic heterocycles. The number of ketones is 1. The van der Waals surface area contributed by atoms with Crippen LogP contribution in [0.2, 0.25) is 5.02 Å². The van der Waals surface area contributed by atoms with Crippen molar-refractivity contribution in [1.29, 1.82) is 0 Å². The summed E-state index contributed by atoms with van der Waals surface area (Å²) in [6, 6.07) is 9.35. The lowest BCUT2D eigenvalue weighted by atomic mass is 10.2. The number of carbonyl (C=O) groups is 2. The first-order chi connectivity index (χ1) is 19.3. The van der Waals surface area contributed by atoms with Crippen LogP contribution in [0.25, 0.3) is 10.9 Å². The van der Waals surface area contributed by atoms with E-state index in [0.29, 0.717) is 37.7 Å². The number of aliphatic hydroxyl groups is 1. The fourth-order valence-electron chi connectivity index (χ4n) is 3.97. The van der Waals surface area contributed by atoms with E-state index < -0.39 is 30.2 Å². The molecule has 1 amide bonds. The maximum atomic E-state index is 13.4. The molecule has 0 saturated carbocycles. The molecular weight excluding hydrogens is 546 g/mol. The molecule has 0 radical (unpaired) electrons. The van der Waals surface area contributed by atoms with Crippen LogP contribution in [0.4, 0.5) is 5.69 Å². The molecule has 0 unspecified atom stereocenters. The summed E-state index contributed by atoms with van der Waals surface area (Å²) >= 11 is 6.19. The fourth-order valence-corrected chi connectivity index (χ4v) is 4.21. The van der Waals surface area contributed by atoms with Gasteiger partial charge in [-0.05, 0) is 24.6 Å². The van der Waals surface area contributed by atoms with E-state index in [1.807, 2.05) is 0 Å². The number of nitrogens with zero attached hydrogens (tertiary/aromatic N) is 2. The largest absolute Gasteiger partial charge is 0.495 e. The number of hydrogen-bond donors (Lipinski definition) is 2. The molecule has 13 heteroatoms. The van der Waals surface area contributed by atoms with E-state index in [4.69, 9.17) is 35.7 Å². The maximum absolute atomic E-state index is 13.4. The molecule has 1 heterocycles. The number of amides is 1. The highest BCUT2D eigenvalue weighted by Gasteiger charge is 2.19. The van der Waals surface area contributed by atoms with E-state index in [2.05, 4.69) is 5.32 Å². The molecule has 0 atom stereocenters. The van der Waals surface area contributed by atoms with E-state index in [-0.39, 0.29) is 47.0 Å². The third-order valence-corrected chi connectivity index (χ3v) is 6.16. The molecule has 3 rings (SSSR count). The number of hydrogen-bond acceptors (Lipinski definition) is 9. The highest BCUT2D eigenvalue weighted by Crippen LogP contribution is 2.35. The van der Waals surface area contributed by atoms with Crippen LogP contribution in [0, 0.1) is 0 Å². The lowest BCUT2D eigenvalue weighted by Gasteiger charge is -2.16. The number of Topliss-reactive ketones (excluding diaryl/α,β-unsaturated/α-hetero) is 1. The Hall–Kier alpha value is -3.71. The van der Waals surface area contributed by atoms with E-state index >= 15 is 0 Å². The van der Waals surface area contributed by atoms with Crippen molar-refractivity contribution >= 4 is 39.9 Å². The Bertz CT molecular complexity index is 1450. The zero-order valence-corrected chi connectivity index (χ0v) is 23.1. The summed E-state index contributed by atoms with van der Waals surface area (Å²) in [5.74, 6) is -0.259. The van der Waals surface area contributed by atoms with Gasteiger partial charge in [0.05, 0.1) is 68.8 Å². The Morgan fingerprint density at radius 3 is 2.33 bits per heavy atom. The van der Waals surface area contributed by atoms with Gasteiger partial charge >= 0.3 is 5.69 Å². The first-order valence-electron chi connectivity index (χ1n) is 12.5. The predicted molar refractivity (Wildman–Crippen MR) is 149 cm³/mol. The van der Waals surface area contributed by atoms with Crippen molar-refractivity contribution < 1.29 is 33.6 Å². The van der Waals surface area contributed by atoms with Crippen LogP contribution in [0.3, 0.4) is 0 Å². The van der Waals surface area contributed by atoms with Gasteiger partial charge in [0.1, 0.15) is 18.0 Å². The minimum absolute atomic E-state index is 0.0681. The van der Waals surface area contributed by atoms with Gasteiger partial charge in [-0.15, -0.1) is 0 Å². The summed E-state index contributed by atoms with van der Waals surface area (Å²) in [4.78, 5) is 52.1. The quantitative estimate of drug-likeness (QED) is 0.243. The van der Waals surface area contributed by atoms with Gasteiger partial charge in [-0.3, -0.25) is 23.5 Å². The van der Waals surface area contributed by atoms with Crippen molar-refractivity contribution in [2.45, 2.75) is 25.9 Å². The number of nitrogens with one attached hydrogen (secondary N) is 1. The third kappa shape index (κ3) is 7.92. The van der Waals surface area contributed by atoms with Crippen LogP contribution < -0.4 is 26.0 Å². The molecule has 2 aromatic carbocycles. The molecule has 2 N–H and O–H groups in total. The molecule has 0 bridgehead atoms. The van der Waals surface area contributed by atoms with Gasteiger partial charge in [0.25, 0.3) is 5.56 Å². The summed E-state index contributed by atoms with van der Waals surface area (Å²) in [6.07, 6.45) is 0.485. The number of aromatic nitrogens is 2. The SMILES string of the molecule is COc1cc(OC)c(NC(=O)Cn2c(=O)n(CC(=O)CCCOCCOCCO)c(=O)c3ccccc32)cc1Cl. The number of benzene rings is 2. The summed E-state index contributed by atoms with van der Waals surface area (Å²) in [7, 11) is 2.87. The number of carbonyl (C=O) groups excluding carboxylic acids is 2. The lowest BCUT2D eigenvalue weighted by molar-refractivity contribution is -0.120. The number of ether oxygens (including phenoxy) is 4. The van der Waals surface area contributed by atoms with Gasteiger partial charge in [-0.1, -0.05) is 23.7 Å². The van der Waals surface area contributed by atoms with Gasteiger partial charge < -0.3 is 29.4 Å². The van der Waals surface area contributed by atoms with E-state index in [1.165, 1.54) is 32.4 Å². The van der Waals surface area contributed by atoms with Gasteiger partial charge in [0, 0.05) is 19.1 Å². The van der Waals surface area contributed by atoms with Gasteiger partial charge in [0.2, 0.25) is 5.91 Å². The third-order valence-electron chi connectivity index (χ3n) is 5.87. The molecule has 0 aliphatic rings. The number of anilines is 1. The van der Waals surface area contributed by atoms with Crippen LogP contribution in [0.5, 0.6) is 11.5 Å². The van der Waals surface area contributed by atoms with Crippen LogP contribution in [-0.2, 0) is 32.2 Å². The monoisotopic (exact) mass is 577 g/mol. The Balaban J connectivity index is 1.76. The molecule has 3 aromatic rings. The van der Waals surface area contributed by atoms with Gasteiger partial charge in [-0.25, -0.2) is 4.79 Å². The number of fused-ring (bicyclic) bond motifs is 1. The van der Waals surface area contributed by atoms with Crippen molar-refractivity contribution in [1.82, 2.24) is 9.13 Å². The van der Waals surface area contributed by atoms with Crippen molar-refractivity contribution in [3.05, 3.63) is 62.3 Å². The smallest absolute Gasteiger partial charge is 0.332 e. The highest BCUT2D eigenvalue weighted by molar-refractivity contribution is 6.32. The Morgan fingerprint density at radius 1 is 0.925 bits per heavy atom. The molecule has 0 saturated heterocycles. The fraction of sp³-hybridized carbons (Fsp3) is 0.407. The van der Waals surface area contributed by atoms with E-state index in [1.54, 1.807) is 18.2 Å². The second-order valence-electron chi connectivity index (χ2n) is 8.60. The molecule has 1 aromatic heterocycles. The summed E-state index contributed by atoms with van der Waals surface area (Å²) < 4.78 is 22.9. The van der Waals surface area contributed by atoms with E-state index in [9.17, 15) is 19.2 Å². The molecule has 0 spiro atoms. The topological polar surface area (TPSA) is 147 Å². The molecule has 12 nitrogen and oxygen atoms in total. The average molecular weight is 578 g/mol. The Kier molecular flexibility index (Phi) is 11.7. The van der Waals surface area contributed by atoms with Crippen molar-refractivity contribution in [3.63, 3.8) is 0 Å². The number of rotatable bonds is 16. The Labute approximate surface area is 235 Å². The van der Waals surface area contributed by atoms with Crippen LogP contribution in [-0.4, -0.2) is 73.2 Å². The lowest BCUT2D eigenvalue weighted by Crippen LogP contribution is -2.43. The Morgan fingerprint density at radius 2 is 1.62 bits per heavy atom. The summed E-state index contributed by atoms with van der Waals surface area (Å²) in [5.41, 5.74) is -0.884. The molecule has 40 heavy (non-hydrogen) atoms. The standard InChI is InChI=1S/C27H32ClN3O9/c1-37-23-15-24(38-2)21(14-20(23)28)29-25(34)17-30-22-8-4-3-7-19(22)26(35)31(27(30)36)16-18(33)6-5-10-39-12-13-40-11-9-32/h3-4,7-8,14-15,32H,5-6,9-13,16-17H2,1-2H3,(H,29,34). The number of halogens is 1. The number of para-hydroxylation sites is 1. The van der Waals surface area contributed by atoms with Crippen LogP contribution in [0.1, 0.15) is 12.8 Å². The van der Waals surface area contributed by atoms with Gasteiger partial charge in [0.15, 0.2) is 5.78 Å². The van der Waals surface area contributed by atoms with Crippen LogP contribution in [0.15, 0.2) is 46.0 Å². The summed E-state index contributed by atoms with van der Waals surface area (Å²) in [5, 5.41) is 11.8. The van der Waals surface area contributed by atoms with Crippen LogP contribution >= 0.6 is 11.6 Å². The van der Waals surface area contributed by atoms with E-state index in [0.717, 1.165) is 9.13 Å². The minimum atomic E-state index is -0.788. The predicted octanol–water partition coefficient (Wildman–Crippen LogP) is 1.85. The second kappa shape index (κ2) is 15.2. The maximum Gasteiger partial charge on any atom is 0.332 e. The molecule has 0 fully saturated rings. The number of aliphatic hydroxyl groups excluding tert-OH is 1. The average Bonchev–Trinajstić information content (AvgIpc) is 2.95. The number of methoxy groups -OCH3 is 2. The second-order valence-corrected chi connectivity index (χ2v) is 9.01. The van der Waals surface area contributed by atoms with Crippen molar-refractivity contribution in [2.75, 3.05) is 52.6 Å². The summed E-state index contributed by atoms with van der Waals surface area (Å²) in [6.45, 7) is 0.224. The first-order valence-corrected chi connectivity index (χ1v) is 12.9. The normalized spacial score (nSPS) is 11.0. The highest BCUT2D eigenvalue weighted by atomic mass is 35.5. The van der Waals surface area contributed by atoms with Crippen molar-refractivity contribution in [3.8, 4) is 11.5 Å². The van der Waals surface area contributed by atoms with Gasteiger partial charge in [-0.2, -0.15) is 0 Å². The minimum Gasteiger partial charge on any atom is -0.495 e. The molecular formula is C27H32ClN3O9. The zero-order valence-electron chi connectivity index (χ0n) is 22.3.